The molecular weight excluding hydrogens is 170 g/mol. The van der Waals surface area contributed by atoms with E-state index in [1.54, 1.807) is 0 Å². The summed E-state index contributed by atoms with van der Waals surface area (Å²) in [5, 5.41) is 3.67. The highest BCUT2D eigenvalue weighted by Crippen LogP contribution is 2.23. The molecule has 0 heterocycles. The molecule has 14 heavy (non-hydrogen) atoms. The van der Waals surface area contributed by atoms with Crippen LogP contribution in [0.4, 0.5) is 0 Å². The van der Waals surface area contributed by atoms with Crippen molar-refractivity contribution in [2.24, 2.45) is 0 Å². The van der Waals surface area contributed by atoms with Crippen molar-refractivity contribution < 1.29 is 0 Å². The predicted octanol–water partition coefficient (Wildman–Crippen LogP) is 3.20. The van der Waals surface area contributed by atoms with Gasteiger partial charge in [-0.15, -0.1) is 0 Å². The first kappa shape index (κ1) is 9.72. The Kier molecular flexibility index (Phi) is 2.87. The summed E-state index contributed by atoms with van der Waals surface area (Å²) in [6.45, 7) is 4.45. The Morgan fingerprint density at radius 2 is 2.00 bits per heavy atom. The molecular formula is C13H19N. The summed E-state index contributed by atoms with van der Waals surface area (Å²) in [6, 6.07) is 9.92. The molecule has 1 aromatic carbocycles. The van der Waals surface area contributed by atoms with Crippen LogP contribution >= 0.6 is 0 Å². The Labute approximate surface area is 86.5 Å². The number of rotatable bonds is 3. The number of benzene rings is 1. The lowest BCUT2D eigenvalue weighted by Crippen LogP contribution is -2.36. The van der Waals surface area contributed by atoms with E-state index in [2.05, 4.69) is 43.4 Å². The molecule has 1 heteroatoms. The van der Waals surface area contributed by atoms with Crippen LogP contribution in [0.15, 0.2) is 24.3 Å². The molecule has 0 spiro atoms. The zero-order valence-electron chi connectivity index (χ0n) is 9.09. The van der Waals surface area contributed by atoms with E-state index in [9.17, 15) is 0 Å². The Bertz CT molecular complexity index is 302. The van der Waals surface area contributed by atoms with E-state index in [1.807, 2.05) is 0 Å². The van der Waals surface area contributed by atoms with Gasteiger partial charge in [-0.3, -0.25) is 0 Å². The molecule has 0 radical (unpaired) electrons. The van der Waals surface area contributed by atoms with Crippen LogP contribution in [-0.2, 0) is 0 Å². The Balaban J connectivity index is 2.02. The van der Waals surface area contributed by atoms with Crippen LogP contribution in [0.3, 0.4) is 0 Å². The quantitative estimate of drug-likeness (QED) is 0.770. The van der Waals surface area contributed by atoms with Crippen LogP contribution in [0.2, 0.25) is 0 Å². The van der Waals surface area contributed by atoms with Gasteiger partial charge >= 0.3 is 0 Å². The van der Waals surface area contributed by atoms with E-state index >= 15 is 0 Å². The molecule has 1 atom stereocenters. The molecule has 0 saturated heterocycles. The molecule has 1 fully saturated rings. The number of aryl methyl sites for hydroxylation is 1. The Morgan fingerprint density at radius 3 is 2.57 bits per heavy atom. The highest BCUT2D eigenvalue weighted by Gasteiger charge is 2.19. The summed E-state index contributed by atoms with van der Waals surface area (Å²) >= 11 is 0. The van der Waals surface area contributed by atoms with Crippen molar-refractivity contribution in [2.75, 3.05) is 0 Å². The summed E-state index contributed by atoms with van der Waals surface area (Å²) in [4.78, 5) is 0. The lowest BCUT2D eigenvalue weighted by molar-refractivity contribution is 0.313. The van der Waals surface area contributed by atoms with Crippen molar-refractivity contribution in [3.8, 4) is 0 Å². The van der Waals surface area contributed by atoms with Crippen LogP contribution in [0.25, 0.3) is 0 Å². The van der Waals surface area contributed by atoms with Crippen molar-refractivity contribution in [1.82, 2.24) is 5.32 Å². The normalized spacial score (nSPS) is 19.0. The molecule has 1 aliphatic rings. The first-order valence-electron chi connectivity index (χ1n) is 5.59. The fourth-order valence-corrected chi connectivity index (χ4v) is 2.09. The molecule has 0 amide bonds. The Hall–Kier alpha value is -0.820. The lowest BCUT2D eigenvalue weighted by Gasteiger charge is -2.30. The van der Waals surface area contributed by atoms with Gasteiger partial charge in [0, 0.05) is 12.1 Å². The van der Waals surface area contributed by atoms with Gasteiger partial charge in [-0.1, -0.05) is 30.7 Å². The summed E-state index contributed by atoms with van der Waals surface area (Å²) in [6.07, 6.45) is 4.12. The second-order valence-corrected chi connectivity index (χ2v) is 4.37. The molecule has 1 saturated carbocycles. The molecule has 0 bridgehead atoms. The maximum Gasteiger partial charge on any atom is 0.0296 e. The van der Waals surface area contributed by atoms with Crippen LogP contribution in [0.5, 0.6) is 0 Å². The fourth-order valence-electron chi connectivity index (χ4n) is 2.09. The van der Waals surface area contributed by atoms with Crippen LogP contribution in [0, 0.1) is 6.92 Å². The molecule has 1 nitrogen and oxygen atoms in total. The third-order valence-corrected chi connectivity index (χ3v) is 3.25. The number of hydrogen-bond acceptors (Lipinski definition) is 1. The molecule has 0 aliphatic heterocycles. The summed E-state index contributed by atoms with van der Waals surface area (Å²) in [5.74, 6) is 0. The van der Waals surface area contributed by atoms with Crippen molar-refractivity contribution in [3.05, 3.63) is 35.4 Å². The van der Waals surface area contributed by atoms with Gasteiger partial charge in [0.05, 0.1) is 0 Å². The van der Waals surface area contributed by atoms with Crippen LogP contribution in [-0.4, -0.2) is 6.04 Å². The van der Waals surface area contributed by atoms with Crippen molar-refractivity contribution >= 4 is 0 Å². The second kappa shape index (κ2) is 4.14. The maximum absolute atomic E-state index is 3.67. The topological polar surface area (TPSA) is 12.0 Å². The van der Waals surface area contributed by atoms with Gasteiger partial charge in [-0.2, -0.15) is 0 Å². The molecule has 0 aromatic heterocycles. The van der Waals surface area contributed by atoms with E-state index in [-0.39, 0.29) is 0 Å². The third kappa shape index (κ3) is 1.98. The highest BCUT2D eigenvalue weighted by atomic mass is 15.0. The summed E-state index contributed by atoms with van der Waals surface area (Å²) in [7, 11) is 0. The zero-order valence-corrected chi connectivity index (χ0v) is 9.09. The first-order valence-corrected chi connectivity index (χ1v) is 5.59. The van der Waals surface area contributed by atoms with E-state index in [0.717, 1.165) is 6.04 Å². The third-order valence-electron chi connectivity index (χ3n) is 3.25. The van der Waals surface area contributed by atoms with Crippen LogP contribution in [0.1, 0.15) is 43.4 Å². The number of hydrogen-bond donors (Lipinski definition) is 1. The standard InChI is InChI=1S/C13H19N/c1-10-6-3-4-9-13(10)11(2)14-12-7-5-8-12/h3-4,6,9,11-12,14H,5,7-8H2,1-2H3. The summed E-state index contributed by atoms with van der Waals surface area (Å²) in [5.41, 5.74) is 2.84. The average molecular weight is 189 g/mol. The molecule has 1 aromatic rings. The minimum absolute atomic E-state index is 0.501. The van der Waals surface area contributed by atoms with E-state index in [4.69, 9.17) is 0 Å². The van der Waals surface area contributed by atoms with E-state index < -0.39 is 0 Å². The monoisotopic (exact) mass is 189 g/mol. The van der Waals surface area contributed by atoms with Gasteiger partial charge in [0.15, 0.2) is 0 Å². The van der Waals surface area contributed by atoms with Crippen molar-refractivity contribution in [3.63, 3.8) is 0 Å². The largest absolute Gasteiger partial charge is 0.307 e. The van der Waals surface area contributed by atoms with Gasteiger partial charge in [0.25, 0.3) is 0 Å². The predicted molar refractivity (Wildman–Crippen MR) is 60.4 cm³/mol. The summed E-state index contributed by atoms with van der Waals surface area (Å²) < 4.78 is 0. The Morgan fingerprint density at radius 1 is 1.29 bits per heavy atom. The van der Waals surface area contributed by atoms with Gasteiger partial charge in [0.1, 0.15) is 0 Å². The molecule has 1 unspecified atom stereocenters. The molecule has 76 valence electrons. The van der Waals surface area contributed by atoms with Gasteiger partial charge < -0.3 is 5.32 Å². The number of nitrogens with one attached hydrogen (secondary N) is 1. The van der Waals surface area contributed by atoms with Crippen LogP contribution < -0.4 is 5.32 Å². The maximum atomic E-state index is 3.67. The minimum Gasteiger partial charge on any atom is -0.307 e. The minimum atomic E-state index is 0.501. The molecule has 1 aliphatic carbocycles. The van der Waals surface area contributed by atoms with Crippen molar-refractivity contribution in [2.45, 2.75) is 45.2 Å². The second-order valence-electron chi connectivity index (χ2n) is 4.37. The first-order chi connectivity index (χ1) is 6.77. The zero-order chi connectivity index (χ0) is 9.97. The van der Waals surface area contributed by atoms with E-state index in [0.29, 0.717) is 6.04 Å². The molecule has 1 N–H and O–H groups in total. The smallest absolute Gasteiger partial charge is 0.0296 e. The van der Waals surface area contributed by atoms with Gasteiger partial charge in [-0.25, -0.2) is 0 Å². The van der Waals surface area contributed by atoms with E-state index in [1.165, 1.54) is 30.4 Å². The van der Waals surface area contributed by atoms with Gasteiger partial charge in [0.2, 0.25) is 0 Å². The van der Waals surface area contributed by atoms with Gasteiger partial charge in [-0.05, 0) is 37.8 Å². The average Bonchev–Trinajstić information content (AvgIpc) is 2.12. The van der Waals surface area contributed by atoms with Crippen molar-refractivity contribution in [1.29, 1.82) is 0 Å². The lowest BCUT2D eigenvalue weighted by atomic mass is 9.91. The SMILES string of the molecule is Cc1ccccc1C(C)NC1CCC1. The fraction of sp³-hybridized carbons (Fsp3) is 0.538. The molecule has 2 rings (SSSR count). The highest BCUT2D eigenvalue weighted by molar-refractivity contribution is 5.28.